The maximum Gasteiger partial charge on any atom is 0.276 e. The number of aliphatic hydroxyl groups excluding tert-OH is 1. The molecular weight excluding hydrogens is 376 g/mol. The van der Waals surface area contributed by atoms with Gasteiger partial charge in [-0.05, 0) is 30.5 Å². The maximum atomic E-state index is 13.4. The molecule has 0 saturated carbocycles. The van der Waals surface area contributed by atoms with E-state index < -0.39 is 15.9 Å². The fraction of sp³-hybridized carbons (Fsp3) is 0.0952. The molecule has 1 aliphatic rings. The molecule has 28 heavy (non-hydrogen) atoms. The van der Waals surface area contributed by atoms with Crippen molar-refractivity contribution >= 4 is 38.1 Å². The monoisotopic (exact) mass is 394 g/mol. The molecule has 0 bridgehead atoms. The molecule has 0 unspecified atom stereocenters. The zero-order valence-electron chi connectivity index (χ0n) is 15.1. The minimum absolute atomic E-state index is 0.00655. The van der Waals surface area contributed by atoms with Crippen molar-refractivity contribution < 1.29 is 18.3 Å². The van der Waals surface area contributed by atoms with Gasteiger partial charge in [0.05, 0.1) is 0 Å². The second kappa shape index (κ2) is 6.69. The maximum absolute atomic E-state index is 13.4. The van der Waals surface area contributed by atoms with Crippen LogP contribution in [-0.4, -0.2) is 30.3 Å². The number of hydrogen-bond acceptors (Lipinski definition) is 4. The zero-order chi connectivity index (χ0) is 19.9. The second-order valence-corrected chi connectivity index (χ2v) is 8.15. The molecule has 3 aromatic carbocycles. The Hall–Kier alpha value is -3.32. The highest BCUT2D eigenvalue weighted by Crippen LogP contribution is 2.39. The Labute approximate surface area is 162 Å². The van der Waals surface area contributed by atoms with Crippen molar-refractivity contribution in [3.05, 3.63) is 78.0 Å². The average Bonchev–Trinajstić information content (AvgIpc) is 2.70. The number of fused-ring (bicyclic) bond motifs is 3. The van der Waals surface area contributed by atoms with Crippen molar-refractivity contribution in [2.75, 3.05) is 11.9 Å². The summed E-state index contributed by atoms with van der Waals surface area (Å²) < 4.78 is 27.7. The number of hydrogen-bond donors (Lipinski definition) is 2. The second-order valence-electron chi connectivity index (χ2n) is 6.35. The highest BCUT2D eigenvalue weighted by molar-refractivity contribution is 7.89. The topological polar surface area (TPSA) is 86.7 Å². The summed E-state index contributed by atoms with van der Waals surface area (Å²) in [6, 6.07) is 19.0. The van der Waals surface area contributed by atoms with Gasteiger partial charge in [0.2, 0.25) is 0 Å². The molecule has 0 aliphatic carbocycles. The third kappa shape index (κ3) is 2.71. The lowest BCUT2D eigenvalue weighted by Gasteiger charge is -2.31. The molecule has 142 valence electrons. The van der Waals surface area contributed by atoms with Crippen LogP contribution in [0.2, 0.25) is 0 Å². The van der Waals surface area contributed by atoms with Gasteiger partial charge in [-0.3, -0.25) is 9.10 Å². The third-order valence-corrected chi connectivity index (χ3v) is 6.67. The number of sulfonamides is 1. The van der Waals surface area contributed by atoms with E-state index in [0.29, 0.717) is 11.1 Å². The predicted octanol–water partition coefficient (Wildman–Crippen LogP) is 3.73. The first-order valence-corrected chi connectivity index (χ1v) is 10.2. The number of para-hydroxylation sites is 1. The summed E-state index contributed by atoms with van der Waals surface area (Å²) in [7, 11) is -4.02. The summed E-state index contributed by atoms with van der Waals surface area (Å²) in [5, 5.41) is 14.8. The van der Waals surface area contributed by atoms with Gasteiger partial charge < -0.3 is 10.4 Å². The Morgan fingerprint density at radius 2 is 1.68 bits per heavy atom. The quantitative estimate of drug-likeness (QED) is 0.709. The Balaban J connectivity index is 1.94. The van der Waals surface area contributed by atoms with E-state index in [0.717, 1.165) is 9.69 Å². The zero-order valence-corrected chi connectivity index (χ0v) is 15.9. The van der Waals surface area contributed by atoms with Gasteiger partial charge in [0.1, 0.15) is 4.90 Å². The van der Waals surface area contributed by atoms with Crippen LogP contribution < -0.4 is 5.32 Å². The minimum Gasteiger partial charge on any atom is -0.505 e. The first kappa shape index (κ1) is 18.1. The largest absolute Gasteiger partial charge is 0.505 e. The van der Waals surface area contributed by atoms with Crippen LogP contribution >= 0.6 is 0 Å². The van der Waals surface area contributed by atoms with Crippen molar-refractivity contribution in [3.8, 4) is 0 Å². The van der Waals surface area contributed by atoms with E-state index in [1.54, 1.807) is 61.5 Å². The van der Waals surface area contributed by atoms with Crippen molar-refractivity contribution in [2.45, 2.75) is 11.8 Å². The number of nitrogens with zero attached hydrogens (tertiary/aromatic N) is 1. The standard InChI is InChI=1S/C21H18N2O4S/c1-2-23-18(21(25)22-15-9-4-3-5-10-15)19(24)17-13-12-14-8-6-7-11-16(14)20(17)28(23,26)27/h3-13,24H,2H2,1H3,(H,22,25). The molecule has 0 spiro atoms. The van der Waals surface area contributed by atoms with Crippen molar-refractivity contribution in [3.63, 3.8) is 0 Å². The molecule has 1 heterocycles. The number of nitrogens with one attached hydrogen (secondary N) is 1. The molecule has 6 nitrogen and oxygen atoms in total. The van der Waals surface area contributed by atoms with Crippen LogP contribution in [0.5, 0.6) is 0 Å². The molecule has 1 amide bonds. The number of likely N-dealkylation sites (N-methyl/N-ethyl adjacent to an activating group) is 1. The molecule has 2 N–H and O–H groups in total. The summed E-state index contributed by atoms with van der Waals surface area (Å²) in [5.41, 5.74) is 0.348. The third-order valence-electron chi connectivity index (χ3n) is 4.69. The summed E-state index contributed by atoms with van der Waals surface area (Å²) in [4.78, 5) is 12.9. The van der Waals surface area contributed by atoms with E-state index in [2.05, 4.69) is 5.32 Å². The van der Waals surface area contributed by atoms with Gasteiger partial charge in [0.25, 0.3) is 15.9 Å². The Morgan fingerprint density at radius 3 is 2.39 bits per heavy atom. The SMILES string of the molecule is CCN1C(C(=O)Nc2ccccc2)=C(O)c2ccc3ccccc3c2S1(=O)=O. The van der Waals surface area contributed by atoms with Crippen LogP contribution in [0.1, 0.15) is 12.5 Å². The molecule has 0 atom stereocenters. The summed E-state index contributed by atoms with van der Waals surface area (Å²) in [6.07, 6.45) is 0. The first-order chi connectivity index (χ1) is 13.4. The van der Waals surface area contributed by atoms with Gasteiger partial charge in [0.15, 0.2) is 11.5 Å². The number of carbonyl (C=O) groups is 1. The predicted molar refractivity (Wildman–Crippen MR) is 108 cm³/mol. The van der Waals surface area contributed by atoms with E-state index in [9.17, 15) is 18.3 Å². The first-order valence-electron chi connectivity index (χ1n) is 8.79. The van der Waals surface area contributed by atoms with Gasteiger partial charge in [-0.15, -0.1) is 0 Å². The summed E-state index contributed by atoms with van der Waals surface area (Å²) >= 11 is 0. The van der Waals surface area contributed by atoms with Crippen molar-refractivity contribution in [2.24, 2.45) is 0 Å². The van der Waals surface area contributed by atoms with Crippen molar-refractivity contribution in [1.29, 1.82) is 0 Å². The van der Waals surface area contributed by atoms with Gasteiger partial charge in [0, 0.05) is 23.2 Å². The lowest BCUT2D eigenvalue weighted by molar-refractivity contribution is -0.113. The smallest absolute Gasteiger partial charge is 0.276 e. The van der Waals surface area contributed by atoms with Crippen molar-refractivity contribution in [1.82, 2.24) is 4.31 Å². The fourth-order valence-corrected chi connectivity index (χ4v) is 5.32. The number of aliphatic hydroxyl groups is 1. The number of amides is 1. The van der Waals surface area contributed by atoms with E-state index >= 15 is 0 Å². The lowest BCUT2D eigenvalue weighted by atomic mass is 10.0. The molecule has 0 fully saturated rings. The lowest BCUT2D eigenvalue weighted by Crippen LogP contribution is -2.39. The van der Waals surface area contributed by atoms with Gasteiger partial charge >= 0.3 is 0 Å². The molecule has 0 aromatic heterocycles. The summed E-state index contributed by atoms with van der Waals surface area (Å²) in [5.74, 6) is -1.04. The van der Waals surface area contributed by atoms with Crippen LogP contribution in [0, 0.1) is 0 Å². The molecule has 0 radical (unpaired) electrons. The number of rotatable bonds is 3. The Bertz CT molecular complexity index is 1220. The van der Waals surface area contributed by atoms with E-state index in [1.807, 2.05) is 6.07 Å². The van der Waals surface area contributed by atoms with E-state index in [-0.39, 0.29) is 28.5 Å². The van der Waals surface area contributed by atoms with Gasteiger partial charge in [-0.1, -0.05) is 48.5 Å². The number of anilines is 1. The van der Waals surface area contributed by atoms with Crippen LogP contribution in [0.25, 0.3) is 16.5 Å². The van der Waals surface area contributed by atoms with Crippen LogP contribution in [0.4, 0.5) is 5.69 Å². The summed E-state index contributed by atoms with van der Waals surface area (Å²) in [6.45, 7) is 1.63. The van der Waals surface area contributed by atoms with Gasteiger partial charge in [-0.2, -0.15) is 0 Å². The Morgan fingerprint density at radius 1 is 1.00 bits per heavy atom. The average molecular weight is 394 g/mol. The fourth-order valence-electron chi connectivity index (χ4n) is 3.44. The molecular formula is C21H18N2O4S. The number of carbonyl (C=O) groups excluding carboxylic acids is 1. The number of benzene rings is 3. The minimum atomic E-state index is -4.02. The molecule has 1 aliphatic heterocycles. The normalized spacial score (nSPS) is 15.4. The molecule has 0 saturated heterocycles. The van der Waals surface area contributed by atoms with Crippen LogP contribution in [0.15, 0.2) is 77.3 Å². The highest BCUT2D eigenvalue weighted by Gasteiger charge is 2.40. The molecule has 3 aromatic rings. The Kier molecular flexibility index (Phi) is 4.31. The molecule has 7 heteroatoms. The van der Waals surface area contributed by atoms with Gasteiger partial charge in [-0.25, -0.2) is 8.42 Å². The van der Waals surface area contributed by atoms with Crippen LogP contribution in [-0.2, 0) is 14.8 Å². The van der Waals surface area contributed by atoms with Crippen LogP contribution in [0.3, 0.4) is 0 Å². The molecule has 4 rings (SSSR count). The van der Waals surface area contributed by atoms with E-state index in [1.165, 1.54) is 6.07 Å². The van der Waals surface area contributed by atoms with E-state index in [4.69, 9.17) is 0 Å². The highest BCUT2D eigenvalue weighted by atomic mass is 32.2.